The molecule has 0 saturated carbocycles. The van der Waals surface area contributed by atoms with Gasteiger partial charge in [-0.25, -0.2) is 19.9 Å². The third kappa shape index (κ3) is 11.1. The van der Waals surface area contributed by atoms with E-state index in [-0.39, 0.29) is 31.2 Å². The standard InChI is InChI=1S/C55H36N4O.C48H30N4O.Li/c60-34-40-11-4-5-16-43(40)49-28-24-36-22-21-35-23-27-48(56-54(35)55(36)57-49)39-12-10-15-42(31-39)59-51-20-9-7-18-45(51)47-33-38(26-30-53(47)59)37-25-29-52-46(32-37)44-17-6-8-19-50(44)58(52)41-13-2-1-3-14-41;53-46-19-8-4-15-38(46)41-26-23-31-21-20-30-22-25-40(49-47(30)48(31)50-41)32-10-9-11-33(28-32)51-44-18-7-3-14-37(44)39-29-34(24-27-45(39)51)52-42-16-5-1-12-35(42)36-13-2-6-17-43(36)52;/h1-33,60H,34H2;1-29,53H;/q;;+1. The maximum Gasteiger partial charge on any atom is 1.00 e. The van der Waals surface area contributed by atoms with Crippen molar-refractivity contribution < 1.29 is 34.1 Å². The van der Waals surface area contributed by atoms with Crippen molar-refractivity contribution in [2.45, 2.75) is 6.61 Å². The zero-order chi connectivity index (χ0) is 74.8. The van der Waals surface area contributed by atoms with E-state index in [4.69, 9.17) is 15.0 Å². The minimum Gasteiger partial charge on any atom is -0.872 e. The Kier molecular flexibility index (Phi) is 16.3. The second kappa shape index (κ2) is 27.5. The molecule has 2 N–H and O–H groups in total. The van der Waals surface area contributed by atoms with E-state index in [0.29, 0.717) is 5.56 Å². The average Bonchev–Trinajstić information content (AvgIpc) is 1.59. The van der Waals surface area contributed by atoms with Crippen LogP contribution in [0.15, 0.2) is 376 Å². The number of nitrogens with one attached hydrogen (secondary N) is 1. The molecule has 0 fully saturated rings. The normalized spacial score (nSPS) is 11.7. The number of fused-ring (bicyclic) bond motifs is 18. The quantitative estimate of drug-likeness (QED) is 0.108. The first-order valence-electron chi connectivity index (χ1n) is 38.2. The number of H-pyrrole nitrogens is 1. The fourth-order valence-electron chi connectivity index (χ4n) is 17.4. The number of rotatable bonds is 10. The Morgan fingerprint density at radius 1 is 0.263 bits per heavy atom. The fourth-order valence-corrected chi connectivity index (χ4v) is 17.4. The van der Waals surface area contributed by atoms with E-state index >= 15 is 0 Å². The largest absolute Gasteiger partial charge is 1.00 e. The third-order valence-electron chi connectivity index (χ3n) is 22.7. The number of benzene rings is 15. The van der Waals surface area contributed by atoms with Crippen molar-refractivity contribution in [3.8, 4) is 84.7 Å². The number of aromatic amines is 1. The van der Waals surface area contributed by atoms with Crippen LogP contribution in [0.2, 0.25) is 0 Å². The summed E-state index contributed by atoms with van der Waals surface area (Å²) in [7, 11) is 0. The summed E-state index contributed by atoms with van der Waals surface area (Å²) in [5.74, 6) is -0.0122. The molecule has 8 heterocycles. The van der Waals surface area contributed by atoms with Gasteiger partial charge in [-0.15, -0.1) is 0 Å². The molecule has 0 saturated heterocycles. The molecule has 0 spiro atoms. The molecular formula is C103H66LiN8O2+. The summed E-state index contributed by atoms with van der Waals surface area (Å²) in [6.45, 7) is -0.0457. The van der Waals surface area contributed by atoms with Gasteiger partial charge in [0.1, 0.15) is 5.52 Å². The van der Waals surface area contributed by atoms with E-state index in [1.165, 1.54) is 76.3 Å². The molecule has 0 aliphatic rings. The van der Waals surface area contributed by atoms with Crippen LogP contribution in [0.25, 0.3) is 210 Å². The van der Waals surface area contributed by atoms with Crippen molar-refractivity contribution in [1.29, 1.82) is 0 Å². The van der Waals surface area contributed by atoms with Crippen LogP contribution in [0.5, 0.6) is 5.75 Å². The molecule has 8 aromatic heterocycles. The van der Waals surface area contributed by atoms with Crippen LogP contribution in [-0.2, 0) is 6.61 Å². The van der Waals surface area contributed by atoms with Crippen LogP contribution in [0.1, 0.15) is 5.56 Å². The van der Waals surface area contributed by atoms with Gasteiger partial charge in [-0.05, 0) is 162 Å². The van der Waals surface area contributed by atoms with Crippen LogP contribution in [0.3, 0.4) is 0 Å². The molecule has 10 nitrogen and oxygen atoms in total. The molecule has 114 heavy (non-hydrogen) atoms. The summed E-state index contributed by atoms with van der Waals surface area (Å²) >= 11 is 0. The van der Waals surface area contributed by atoms with Crippen LogP contribution in [0.4, 0.5) is 0 Å². The smallest absolute Gasteiger partial charge is 0.872 e. The summed E-state index contributed by atoms with van der Waals surface area (Å²) < 4.78 is 9.48. The Hall–Kier alpha value is -14.5. The van der Waals surface area contributed by atoms with Crippen molar-refractivity contribution in [2.75, 3.05) is 0 Å². The predicted molar refractivity (Wildman–Crippen MR) is 463 cm³/mol. The van der Waals surface area contributed by atoms with Crippen LogP contribution >= 0.6 is 0 Å². The number of aliphatic hydroxyl groups excluding tert-OH is 1. The van der Waals surface area contributed by atoms with Gasteiger partial charge in [0.2, 0.25) is 11.2 Å². The minimum atomic E-state index is -0.0457. The number of aromatic nitrogens is 8. The van der Waals surface area contributed by atoms with Crippen molar-refractivity contribution in [3.63, 3.8) is 0 Å². The van der Waals surface area contributed by atoms with Gasteiger partial charge in [0.15, 0.2) is 0 Å². The van der Waals surface area contributed by atoms with Gasteiger partial charge >= 0.3 is 18.9 Å². The molecule has 0 atom stereocenters. The SMILES string of the molecule is OCc1ccccc1-c1ccc2ccc3ccc(-c4cccc(-n5c6ccccc6c6cc(-c7ccc8c(c7)c7ccccc7n8-c7ccccc7)ccc65)c4)nc3c2n1.[Li+].[O-]c1ccccc1-c1ccc2ccc3ccc(-c4cccc(-n5c6ccccc6c6cc(-n7c8ccccc8c8ccccc87)ccc65)c4)nc3c2[nH+]1. The number of hydrogen-bond donors (Lipinski definition) is 1. The Morgan fingerprint density at radius 2 is 0.632 bits per heavy atom. The van der Waals surface area contributed by atoms with Gasteiger partial charge in [-0.2, -0.15) is 0 Å². The van der Waals surface area contributed by atoms with Crippen molar-refractivity contribution >= 4 is 131 Å². The minimum absolute atomic E-state index is 0. The van der Waals surface area contributed by atoms with Crippen molar-refractivity contribution in [2.24, 2.45) is 0 Å². The second-order valence-corrected chi connectivity index (χ2v) is 29.1. The summed E-state index contributed by atoms with van der Waals surface area (Å²) in [5, 5.41) is 36.7. The van der Waals surface area contributed by atoms with E-state index in [2.05, 4.69) is 339 Å². The monoisotopic (exact) mass is 1450 g/mol. The van der Waals surface area contributed by atoms with Crippen LogP contribution in [0, 0.1) is 0 Å². The number of nitrogens with zero attached hydrogens (tertiary/aromatic N) is 7. The number of aliphatic hydroxyl groups is 1. The maximum absolute atomic E-state index is 12.7. The molecule has 23 rings (SSSR count). The third-order valence-corrected chi connectivity index (χ3v) is 22.7. The van der Waals surface area contributed by atoms with Crippen LogP contribution < -0.4 is 29.0 Å². The van der Waals surface area contributed by atoms with Gasteiger partial charge < -0.3 is 28.5 Å². The van der Waals surface area contributed by atoms with Crippen molar-refractivity contribution in [3.05, 3.63) is 382 Å². The molecule has 530 valence electrons. The molecule has 23 aromatic rings. The summed E-state index contributed by atoms with van der Waals surface area (Å²) in [6.07, 6.45) is 0. The van der Waals surface area contributed by atoms with Gasteiger partial charge in [-0.1, -0.05) is 230 Å². The number of hydrogen-bond acceptors (Lipinski definition) is 5. The summed E-state index contributed by atoms with van der Waals surface area (Å²) in [5.41, 5.74) is 27.5. The van der Waals surface area contributed by atoms with Gasteiger partial charge in [0, 0.05) is 116 Å². The molecule has 0 radical (unpaired) electrons. The van der Waals surface area contributed by atoms with Gasteiger partial charge in [-0.3, -0.25) is 0 Å². The molecule has 0 aliphatic heterocycles. The molecular weight excluding hydrogens is 1390 g/mol. The molecule has 0 bridgehead atoms. The number of para-hydroxylation sites is 7. The van der Waals surface area contributed by atoms with E-state index < -0.39 is 0 Å². The Bertz CT molecular complexity index is 7790. The number of pyridine rings is 4. The fraction of sp³-hybridized carbons (Fsp3) is 0.00971. The Labute approximate surface area is 666 Å². The molecule has 0 amide bonds. The predicted octanol–water partition coefficient (Wildman–Crippen LogP) is 21.3. The van der Waals surface area contributed by atoms with Gasteiger partial charge in [0.25, 0.3) is 0 Å². The molecule has 0 unspecified atom stereocenters. The Morgan fingerprint density at radius 3 is 1.16 bits per heavy atom. The zero-order valence-corrected chi connectivity index (χ0v) is 62.0. The summed E-state index contributed by atoms with van der Waals surface area (Å²) in [6, 6.07) is 132. The average molecular weight is 1450 g/mol. The molecule has 0 aliphatic carbocycles. The first-order valence-corrected chi connectivity index (χ1v) is 38.2. The molecule has 15 aromatic carbocycles. The Balaban J connectivity index is 0.000000143. The maximum atomic E-state index is 12.7. The topological polar surface area (TPSA) is 116 Å². The zero-order valence-electron chi connectivity index (χ0n) is 62.0. The second-order valence-electron chi connectivity index (χ2n) is 29.1. The van der Waals surface area contributed by atoms with Crippen molar-refractivity contribution in [1.82, 2.24) is 33.2 Å². The summed E-state index contributed by atoms with van der Waals surface area (Å²) in [4.78, 5) is 19.2. The van der Waals surface area contributed by atoms with Crippen LogP contribution in [-0.4, -0.2) is 38.3 Å². The van der Waals surface area contributed by atoms with E-state index in [9.17, 15) is 10.2 Å². The van der Waals surface area contributed by atoms with E-state index in [0.717, 1.165) is 133 Å². The van der Waals surface area contributed by atoms with E-state index in [1.54, 1.807) is 12.1 Å². The van der Waals surface area contributed by atoms with Gasteiger partial charge in [0.05, 0.1) is 78.9 Å². The van der Waals surface area contributed by atoms with E-state index in [1.807, 2.05) is 48.5 Å². The first-order chi connectivity index (χ1) is 55.9. The molecule has 11 heteroatoms. The first kappa shape index (κ1) is 67.6.